The van der Waals surface area contributed by atoms with E-state index in [-0.39, 0.29) is 5.82 Å². The zero-order valence-electron chi connectivity index (χ0n) is 12.0. The van der Waals surface area contributed by atoms with Gasteiger partial charge in [0.2, 0.25) is 0 Å². The van der Waals surface area contributed by atoms with E-state index in [1.54, 1.807) is 12.1 Å². The van der Waals surface area contributed by atoms with Gasteiger partial charge < -0.3 is 5.73 Å². The lowest BCUT2D eigenvalue weighted by Crippen LogP contribution is -2.56. The lowest BCUT2D eigenvalue weighted by Gasteiger charge is -2.38. The predicted molar refractivity (Wildman–Crippen MR) is 79.9 cm³/mol. The molecule has 0 aromatic heterocycles. The quantitative estimate of drug-likeness (QED) is 0.772. The van der Waals surface area contributed by atoms with Crippen LogP contribution in [0.3, 0.4) is 0 Å². The van der Waals surface area contributed by atoms with Crippen LogP contribution in [0.25, 0.3) is 0 Å². The first-order valence-electron chi connectivity index (χ1n) is 6.89. The lowest BCUT2D eigenvalue weighted by atomic mass is 9.99. The highest BCUT2D eigenvalue weighted by molar-refractivity contribution is 6.31. The molecule has 1 rings (SSSR count). The summed E-state index contributed by atoms with van der Waals surface area (Å²) in [6.07, 6.45) is 2.47. The van der Waals surface area contributed by atoms with Crippen molar-refractivity contribution in [3.8, 4) is 0 Å². The molecule has 0 saturated carbocycles. The Morgan fingerprint density at radius 1 is 1.26 bits per heavy atom. The number of rotatable bonds is 7. The van der Waals surface area contributed by atoms with Crippen LogP contribution >= 0.6 is 11.6 Å². The van der Waals surface area contributed by atoms with E-state index in [1.807, 2.05) is 6.92 Å². The van der Waals surface area contributed by atoms with Crippen LogP contribution in [0.2, 0.25) is 5.02 Å². The number of benzene rings is 1. The monoisotopic (exact) mass is 286 g/mol. The summed E-state index contributed by atoms with van der Waals surface area (Å²) >= 11 is 6.08. The summed E-state index contributed by atoms with van der Waals surface area (Å²) in [5.41, 5.74) is 6.32. The summed E-state index contributed by atoms with van der Waals surface area (Å²) in [5, 5.41) is 0.449. The number of nitrogens with zero attached hydrogens (tertiary/aromatic N) is 1. The molecule has 0 saturated heterocycles. The molecule has 0 amide bonds. The van der Waals surface area contributed by atoms with Gasteiger partial charge in [-0.1, -0.05) is 31.5 Å². The molecule has 1 aromatic rings. The summed E-state index contributed by atoms with van der Waals surface area (Å²) < 4.78 is 13.9. The average Bonchev–Trinajstić information content (AvgIpc) is 2.34. The van der Waals surface area contributed by atoms with Crippen molar-refractivity contribution >= 4 is 11.6 Å². The molecule has 2 nitrogen and oxygen atoms in total. The molecular formula is C15H24ClFN2. The third kappa shape index (κ3) is 4.44. The summed E-state index contributed by atoms with van der Waals surface area (Å²) in [6.45, 7) is 8.00. The Bertz CT molecular complexity index is 381. The van der Waals surface area contributed by atoms with Crippen molar-refractivity contribution in [1.29, 1.82) is 0 Å². The van der Waals surface area contributed by atoms with Crippen LogP contribution in [0.4, 0.5) is 4.39 Å². The van der Waals surface area contributed by atoms with Crippen LogP contribution in [0.15, 0.2) is 18.2 Å². The fraction of sp³-hybridized carbons (Fsp3) is 0.600. The van der Waals surface area contributed by atoms with Gasteiger partial charge in [0.15, 0.2) is 0 Å². The molecule has 108 valence electrons. The maximum absolute atomic E-state index is 13.9. The largest absolute Gasteiger partial charge is 0.313 e. The third-order valence-electron chi connectivity index (χ3n) is 3.31. The first-order valence-corrected chi connectivity index (χ1v) is 7.27. The SMILES string of the molecule is CCCN(CCC)C(C)(N)Cc1c(F)cccc1Cl. The summed E-state index contributed by atoms with van der Waals surface area (Å²) in [5.74, 6) is -0.280. The molecule has 0 bridgehead atoms. The van der Waals surface area contributed by atoms with Gasteiger partial charge in [-0.2, -0.15) is 0 Å². The van der Waals surface area contributed by atoms with E-state index >= 15 is 0 Å². The van der Waals surface area contributed by atoms with Crippen molar-refractivity contribution in [2.45, 2.75) is 45.7 Å². The van der Waals surface area contributed by atoms with Crippen molar-refractivity contribution in [2.24, 2.45) is 5.73 Å². The van der Waals surface area contributed by atoms with Gasteiger partial charge in [0, 0.05) is 17.0 Å². The second kappa shape index (κ2) is 7.22. The molecule has 0 aliphatic heterocycles. The van der Waals surface area contributed by atoms with Gasteiger partial charge in [0.1, 0.15) is 5.82 Å². The molecule has 4 heteroatoms. The van der Waals surface area contributed by atoms with Gasteiger partial charge in [-0.15, -0.1) is 0 Å². The fourth-order valence-corrected chi connectivity index (χ4v) is 2.56. The van der Waals surface area contributed by atoms with E-state index in [0.717, 1.165) is 25.9 Å². The summed E-state index contributed by atoms with van der Waals surface area (Å²) in [6, 6.07) is 4.76. The lowest BCUT2D eigenvalue weighted by molar-refractivity contribution is 0.107. The molecule has 2 N–H and O–H groups in total. The minimum absolute atomic E-state index is 0.280. The van der Waals surface area contributed by atoms with Gasteiger partial charge in [-0.3, -0.25) is 4.90 Å². The van der Waals surface area contributed by atoms with Crippen molar-refractivity contribution in [1.82, 2.24) is 4.90 Å². The van der Waals surface area contributed by atoms with E-state index < -0.39 is 5.66 Å². The van der Waals surface area contributed by atoms with Crippen LogP contribution in [-0.2, 0) is 6.42 Å². The average molecular weight is 287 g/mol. The second-order valence-corrected chi connectivity index (χ2v) is 5.63. The van der Waals surface area contributed by atoms with E-state index in [2.05, 4.69) is 18.7 Å². The number of hydrogen-bond donors (Lipinski definition) is 1. The predicted octanol–water partition coefficient (Wildman–Crippen LogP) is 3.82. The smallest absolute Gasteiger partial charge is 0.128 e. The highest BCUT2D eigenvalue weighted by atomic mass is 35.5. The van der Waals surface area contributed by atoms with E-state index in [0.29, 0.717) is 17.0 Å². The fourth-order valence-electron chi connectivity index (χ4n) is 2.33. The van der Waals surface area contributed by atoms with Crippen LogP contribution in [0.1, 0.15) is 39.2 Å². The minimum atomic E-state index is -0.585. The van der Waals surface area contributed by atoms with Crippen molar-refractivity contribution in [2.75, 3.05) is 13.1 Å². The van der Waals surface area contributed by atoms with Gasteiger partial charge in [0.25, 0.3) is 0 Å². The Morgan fingerprint density at radius 3 is 2.32 bits per heavy atom. The molecule has 0 fully saturated rings. The molecule has 1 unspecified atom stereocenters. The summed E-state index contributed by atoms with van der Waals surface area (Å²) in [7, 11) is 0. The van der Waals surface area contributed by atoms with Crippen LogP contribution in [0, 0.1) is 5.82 Å². The topological polar surface area (TPSA) is 29.3 Å². The Labute approximate surface area is 120 Å². The molecule has 0 radical (unpaired) electrons. The van der Waals surface area contributed by atoms with Gasteiger partial charge in [-0.25, -0.2) is 4.39 Å². The van der Waals surface area contributed by atoms with E-state index in [4.69, 9.17) is 17.3 Å². The van der Waals surface area contributed by atoms with Crippen LogP contribution in [-0.4, -0.2) is 23.7 Å². The van der Waals surface area contributed by atoms with Gasteiger partial charge in [0.05, 0.1) is 5.66 Å². The molecule has 0 aliphatic carbocycles. The first kappa shape index (κ1) is 16.4. The molecule has 1 aromatic carbocycles. The minimum Gasteiger partial charge on any atom is -0.313 e. The first-order chi connectivity index (χ1) is 8.92. The zero-order valence-corrected chi connectivity index (χ0v) is 12.8. The van der Waals surface area contributed by atoms with Crippen molar-refractivity contribution in [3.63, 3.8) is 0 Å². The Hall–Kier alpha value is -0.640. The van der Waals surface area contributed by atoms with Crippen LogP contribution in [0.5, 0.6) is 0 Å². The zero-order chi connectivity index (χ0) is 14.5. The van der Waals surface area contributed by atoms with Crippen LogP contribution < -0.4 is 5.73 Å². The standard InChI is InChI=1S/C15H24ClFN2/c1-4-9-19(10-5-2)15(3,18)11-12-13(16)7-6-8-14(12)17/h6-8H,4-5,9-11,18H2,1-3H3. The molecule has 0 heterocycles. The Morgan fingerprint density at radius 2 is 1.84 bits per heavy atom. The number of halogens is 2. The Balaban J connectivity index is 2.93. The third-order valence-corrected chi connectivity index (χ3v) is 3.66. The summed E-state index contributed by atoms with van der Waals surface area (Å²) in [4.78, 5) is 2.20. The molecule has 1 atom stereocenters. The normalized spacial score (nSPS) is 14.7. The highest BCUT2D eigenvalue weighted by Gasteiger charge is 2.28. The molecular weight excluding hydrogens is 263 g/mol. The number of hydrogen-bond acceptors (Lipinski definition) is 2. The van der Waals surface area contributed by atoms with E-state index in [9.17, 15) is 4.39 Å². The van der Waals surface area contributed by atoms with Gasteiger partial charge >= 0.3 is 0 Å². The Kier molecular flexibility index (Phi) is 6.24. The maximum atomic E-state index is 13.9. The molecule has 0 aliphatic rings. The number of nitrogens with two attached hydrogens (primary N) is 1. The molecule has 0 spiro atoms. The maximum Gasteiger partial charge on any atom is 0.128 e. The van der Waals surface area contributed by atoms with E-state index in [1.165, 1.54) is 6.07 Å². The van der Waals surface area contributed by atoms with Crippen molar-refractivity contribution in [3.05, 3.63) is 34.6 Å². The second-order valence-electron chi connectivity index (χ2n) is 5.22. The van der Waals surface area contributed by atoms with Gasteiger partial charge in [-0.05, 0) is 45.0 Å². The molecule has 19 heavy (non-hydrogen) atoms. The van der Waals surface area contributed by atoms with Crippen molar-refractivity contribution < 1.29 is 4.39 Å². The highest BCUT2D eigenvalue weighted by Crippen LogP contribution is 2.25.